The summed E-state index contributed by atoms with van der Waals surface area (Å²) in [7, 11) is 1.60. The van der Waals surface area contributed by atoms with Gasteiger partial charge in [0.1, 0.15) is 17.6 Å². The molecule has 1 heterocycles. The molecule has 3 rings (SSSR count). The molecule has 1 amide bonds. The lowest BCUT2D eigenvalue weighted by molar-refractivity contribution is 0.100. The number of benzene rings is 2. The highest BCUT2D eigenvalue weighted by Crippen LogP contribution is 2.25. The number of rotatable bonds is 4. The van der Waals surface area contributed by atoms with Crippen molar-refractivity contribution in [2.45, 2.75) is 0 Å². The van der Waals surface area contributed by atoms with Crippen LogP contribution in [-0.2, 0) is 0 Å². The maximum atomic E-state index is 11.2. The van der Waals surface area contributed by atoms with Crippen LogP contribution in [0.4, 0.5) is 0 Å². The fourth-order valence-corrected chi connectivity index (χ4v) is 2.36. The number of nitriles is 1. The van der Waals surface area contributed by atoms with E-state index in [2.05, 4.69) is 4.98 Å². The highest BCUT2D eigenvalue weighted by Gasteiger charge is 2.12. The van der Waals surface area contributed by atoms with Gasteiger partial charge in [-0.05, 0) is 48.5 Å². The monoisotopic (exact) mass is 318 g/mol. The van der Waals surface area contributed by atoms with Crippen molar-refractivity contribution in [3.8, 4) is 28.9 Å². The van der Waals surface area contributed by atoms with E-state index in [0.29, 0.717) is 17.1 Å². The number of imidazole rings is 1. The van der Waals surface area contributed by atoms with E-state index in [9.17, 15) is 4.79 Å². The van der Waals surface area contributed by atoms with Gasteiger partial charge in [0.25, 0.3) is 0 Å². The summed E-state index contributed by atoms with van der Waals surface area (Å²) >= 11 is 0. The van der Waals surface area contributed by atoms with E-state index < -0.39 is 5.91 Å². The van der Waals surface area contributed by atoms with Gasteiger partial charge in [-0.2, -0.15) is 5.26 Å². The highest BCUT2D eigenvalue weighted by molar-refractivity contribution is 5.92. The van der Waals surface area contributed by atoms with Crippen molar-refractivity contribution in [1.29, 1.82) is 5.26 Å². The second-order valence-corrected chi connectivity index (χ2v) is 5.07. The number of aromatic nitrogens is 2. The van der Waals surface area contributed by atoms with Crippen LogP contribution >= 0.6 is 0 Å². The van der Waals surface area contributed by atoms with Gasteiger partial charge in [0.15, 0.2) is 5.69 Å². The first-order valence-corrected chi connectivity index (χ1v) is 7.16. The van der Waals surface area contributed by atoms with Crippen LogP contribution in [0, 0.1) is 11.3 Å². The Morgan fingerprint density at radius 1 is 1.17 bits per heavy atom. The zero-order valence-corrected chi connectivity index (χ0v) is 12.9. The third-order valence-electron chi connectivity index (χ3n) is 3.60. The molecule has 3 aromatic rings. The van der Waals surface area contributed by atoms with Crippen molar-refractivity contribution >= 4 is 5.91 Å². The lowest BCUT2D eigenvalue weighted by atomic mass is 10.1. The minimum Gasteiger partial charge on any atom is -0.497 e. The maximum Gasteiger partial charge on any atom is 0.248 e. The summed E-state index contributed by atoms with van der Waals surface area (Å²) in [5, 5.41) is 9.16. The number of nitrogens with two attached hydrogens (primary N) is 1. The molecule has 0 saturated carbocycles. The molecular weight excluding hydrogens is 304 g/mol. The van der Waals surface area contributed by atoms with E-state index in [4.69, 9.17) is 15.7 Å². The molecule has 118 valence electrons. The minimum atomic E-state index is -0.486. The van der Waals surface area contributed by atoms with Gasteiger partial charge < -0.3 is 10.5 Å². The number of methoxy groups -OCH3 is 1. The third-order valence-corrected chi connectivity index (χ3v) is 3.60. The molecular formula is C18H14N4O2. The van der Waals surface area contributed by atoms with Crippen molar-refractivity contribution in [3.63, 3.8) is 0 Å². The van der Waals surface area contributed by atoms with Crippen molar-refractivity contribution < 1.29 is 9.53 Å². The number of amides is 1. The predicted octanol–water partition coefficient (Wildman–Crippen LogP) is 2.52. The topological polar surface area (TPSA) is 93.9 Å². The van der Waals surface area contributed by atoms with Gasteiger partial charge >= 0.3 is 0 Å². The highest BCUT2D eigenvalue weighted by atomic mass is 16.5. The molecule has 6 heteroatoms. The Kier molecular flexibility index (Phi) is 4.00. The molecule has 2 aromatic carbocycles. The summed E-state index contributed by atoms with van der Waals surface area (Å²) in [4.78, 5) is 15.6. The minimum absolute atomic E-state index is 0.305. The zero-order valence-electron chi connectivity index (χ0n) is 12.9. The molecule has 0 aliphatic carbocycles. The van der Waals surface area contributed by atoms with E-state index in [1.165, 1.54) is 0 Å². The van der Waals surface area contributed by atoms with Crippen molar-refractivity contribution in [2.24, 2.45) is 5.73 Å². The molecule has 1 aromatic heterocycles. The molecule has 2 N–H and O–H groups in total. The lowest BCUT2D eigenvalue weighted by Gasteiger charge is -2.09. The fourth-order valence-electron chi connectivity index (χ4n) is 2.36. The number of hydrogen-bond donors (Lipinski definition) is 1. The molecule has 0 aliphatic heterocycles. The van der Waals surface area contributed by atoms with E-state index in [1.54, 1.807) is 42.1 Å². The standard InChI is InChI=1S/C18H14N4O2/c1-24-16-8-4-13(5-9-16)18-21-14(10-19)11-22(18)15-6-2-12(3-7-15)17(20)23/h2-9,11H,1H3,(H2,20,23). The number of carbonyl (C=O) groups excluding carboxylic acids is 1. The summed E-state index contributed by atoms with van der Waals surface area (Å²) in [6, 6.07) is 16.3. The molecule has 0 radical (unpaired) electrons. The SMILES string of the molecule is COc1ccc(-c2nc(C#N)cn2-c2ccc(C(N)=O)cc2)cc1. The fraction of sp³-hybridized carbons (Fsp3) is 0.0556. The molecule has 0 saturated heterocycles. The first-order chi connectivity index (χ1) is 11.6. The van der Waals surface area contributed by atoms with Gasteiger partial charge in [-0.25, -0.2) is 4.98 Å². The Morgan fingerprint density at radius 2 is 1.83 bits per heavy atom. The molecule has 6 nitrogen and oxygen atoms in total. The van der Waals surface area contributed by atoms with Crippen LogP contribution < -0.4 is 10.5 Å². The van der Waals surface area contributed by atoms with Crippen LogP contribution in [-0.4, -0.2) is 22.6 Å². The summed E-state index contributed by atoms with van der Waals surface area (Å²) in [6.07, 6.45) is 1.65. The largest absolute Gasteiger partial charge is 0.497 e. The number of primary amides is 1. The van der Waals surface area contributed by atoms with Crippen LogP contribution in [0.1, 0.15) is 16.1 Å². The molecule has 0 fully saturated rings. The molecule has 0 bridgehead atoms. The number of carbonyl (C=O) groups is 1. The Hall–Kier alpha value is -3.59. The number of ether oxygens (including phenoxy) is 1. The quantitative estimate of drug-likeness (QED) is 0.799. The lowest BCUT2D eigenvalue weighted by Crippen LogP contribution is -2.10. The van der Waals surface area contributed by atoms with Crippen molar-refractivity contribution in [3.05, 3.63) is 66.0 Å². The van der Waals surface area contributed by atoms with Gasteiger partial charge in [0.2, 0.25) is 5.91 Å². The maximum absolute atomic E-state index is 11.2. The summed E-state index contributed by atoms with van der Waals surface area (Å²) in [5.41, 5.74) is 7.61. The molecule has 0 atom stereocenters. The van der Waals surface area contributed by atoms with Crippen LogP contribution in [0.2, 0.25) is 0 Å². The average molecular weight is 318 g/mol. The molecule has 0 spiro atoms. The Labute approximate surface area is 138 Å². The van der Waals surface area contributed by atoms with E-state index in [1.807, 2.05) is 30.3 Å². The second-order valence-electron chi connectivity index (χ2n) is 5.07. The molecule has 0 aliphatic rings. The second kappa shape index (κ2) is 6.26. The van der Waals surface area contributed by atoms with Gasteiger partial charge in [-0.3, -0.25) is 9.36 Å². The molecule has 0 unspecified atom stereocenters. The molecule has 24 heavy (non-hydrogen) atoms. The van der Waals surface area contributed by atoms with Gasteiger partial charge in [0.05, 0.1) is 7.11 Å². The van der Waals surface area contributed by atoms with Crippen LogP contribution in [0.15, 0.2) is 54.7 Å². The van der Waals surface area contributed by atoms with E-state index in [0.717, 1.165) is 17.0 Å². The Balaban J connectivity index is 2.08. The third kappa shape index (κ3) is 2.83. The number of hydrogen-bond acceptors (Lipinski definition) is 4. The van der Waals surface area contributed by atoms with Gasteiger partial charge in [-0.15, -0.1) is 0 Å². The van der Waals surface area contributed by atoms with Crippen LogP contribution in [0.5, 0.6) is 5.75 Å². The average Bonchev–Trinajstić information content (AvgIpc) is 3.06. The zero-order chi connectivity index (χ0) is 17.1. The van der Waals surface area contributed by atoms with Crippen LogP contribution in [0.3, 0.4) is 0 Å². The van der Waals surface area contributed by atoms with E-state index >= 15 is 0 Å². The summed E-state index contributed by atoms with van der Waals surface area (Å²) in [5.74, 6) is 0.879. The van der Waals surface area contributed by atoms with Crippen LogP contribution in [0.25, 0.3) is 17.1 Å². The van der Waals surface area contributed by atoms with Crippen molar-refractivity contribution in [1.82, 2.24) is 9.55 Å². The van der Waals surface area contributed by atoms with E-state index in [-0.39, 0.29) is 0 Å². The normalized spacial score (nSPS) is 10.2. The van der Waals surface area contributed by atoms with Gasteiger partial charge in [-0.1, -0.05) is 0 Å². The summed E-state index contributed by atoms with van der Waals surface area (Å²) in [6.45, 7) is 0. The first kappa shape index (κ1) is 15.3. The number of nitrogens with zero attached hydrogens (tertiary/aromatic N) is 3. The first-order valence-electron chi connectivity index (χ1n) is 7.16. The Bertz CT molecular complexity index is 919. The summed E-state index contributed by atoms with van der Waals surface area (Å²) < 4.78 is 6.96. The smallest absolute Gasteiger partial charge is 0.248 e. The van der Waals surface area contributed by atoms with Crippen molar-refractivity contribution in [2.75, 3.05) is 7.11 Å². The van der Waals surface area contributed by atoms with Gasteiger partial charge in [0, 0.05) is 23.0 Å². The predicted molar refractivity (Wildman–Crippen MR) is 88.8 cm³/mol. The Morgan fingerprint density at radius 3 is 2.38 bits per heavy atom.